The lowest BCUT2D eigenvalue weighted by atomic mass is 10.0. The average molecular weight is 212 g/mol. The van der Waals surface area contributed by atoms with Crippen molar-refractivity contribution in [2.75, 3.05) is 5.75 Å². The molecule has 3 N–H and O–H groups in total. The highest BCUT2D eigenvalue weighted by atomic mass is 32.1. The Labute approximate surface area is 81.4 Å². The van der Waals surface area contributed by atoms with Gasteiger partial charge in [0.25, 0.3) is 0 Å². The molecule has 0 aromatic rings. The van der Waals surface area contributed by atoms with E-state index in [1.165, 1.54) is 0 Å². The van der Waals surface area contributed by atoms with E-state index in [4.69, 9.17) is 4.74 Å². The smallest absolute Gasteiger partial charge is 0.129 e. The Bertz CT molecular complexity index is 152. The molecule has 0 radical (unpaired) electrons. The molecule has 1 aliphatic rings. The monoisotopic (exact) mass is 212 g/mol. The molecule has 1 heterocycles. The Morgan fingerprint density at radius 2 is 1.67 bits per heavy atom. The predicted octanol–water partition coefficient (Wildman–Crippen LogP) is -1.35. The lowest BCUT2D eigenvalue weighted by molar-refractivity contribution is -0.190. The summed E-state index contributed by atoms with van der Waals surface area (Å²) in [6.45, 7) is 0. The molecule has 2 unspecified atom stereocenters. The first kappa shape index (κ1) is 10.6. The summed E-state index contributed by atoms with van der Waals surface area (Å²) < 4.78 is 5.06. The van der Waals surface area contributed by atoms with Crippen LogP contribution in [0.5, 0.6) is 0 Å². The first-order chi connectivity index (χ1) is 5.57. The minimum absolute atomic E-state index is 0.280. The molecular formula is C6H12O4S2. The number of rotatable bonds is 1. The maximum Gasteiger partial charge on any atom is 0.129 e. The zero-order valence-corrected chi connectivity index (χ0v) is 8.03. The molecule has 12 heavy (non-hydrogen) atoms. The Morgan fingerprint density at radius 1 is 1.08 bits per heavy atom. The van der Waals surface area contributed by atoms with Crippen molar-refractivity contribution in [2.24, 2.45) is 0 Å². The van der Waals surface area contributed by atoms with Crippen LogP contribution in [0.1, 0.15) is 0 Å². The van der Waals surface area contributed by atoms with Crippen LogP contribution in [0.25, 0.3) is 0 Å². The molecule has 0 amide bonds. The van der Waals surface area contributed by atoms with Gasteiger partial charge in [0.15, 0.2) is 0 Å². The van der Waals surface area contributed by atoms with E-state index in [-0.39, 0.29) is 5.75 Å². The summed E-state index contributed by atoms with van der Waals surface area (Å²) in [5, 5.41) is 27.8. The molecule has 0 saturated carbocycles. The van der Waals surface area contributed by atoms with Crippen molar-refractivity contribution in [3.8, 4) is 0 Å². The highest BCUT2D eigenvalue weighted by molar-refractivity contribution is 7.81. The maximum atomic E-state index is 9.31. The highest BCUT2D eigenvalue weighted by Gasteiger charge is 2.41. The van der Waals surface area contributed by atoms with Crippen molar-refractivity contribution < 1.29 is 20.1 Å². The lowest BCUT2D eigenvalue weighted by Crippen LogP contribution is -2.56. The van der Waals surface area contributed by atoms with E-state index in [0.717, 1.165) is 0 Å². The summed E-state index contributed by atoms with van der Waals surface area (Å²) in [6.07, 6.45) is -4.03. The second kappa shape index (κ2) is 4.17. The summed E-state index contributed by atoms with van der Waals surface area (Å²) in [4.78, 5) is 0. The van der Waals surface area contributed by atoms with Gasteiger partial charge in [0.05, 0.1) is 6.10 Å². The van der Waals surface area contributed by atoms with Gasteiger partial charge in [-0.2, -0.15) is 12.6 Å². The Kier molecular flexibility index (Phi) is 3.69. The molecule has 1 fully saturated rings. The number of aliphatic hydroxyl groups excluding tert-OH is 3. The van der Waals surface area contributed by atoms with E-state index in [0.29, 0.717) is 0 Å². The van der Waals surface area contributed by atoms with Crippen LogP contribution in [-0.2, 0) is 4.74 Å². The van der Waals surface area contributed by atoms with Crippen LogP contribution in [0.3, 0.4) is 0 Å². The van der Waals surface area contributed by atoms with E-state index in [2.05, 4.69) is 25.3 Å². The largest absolute Gasteiger partial charge is 0.388 e. The molecule has 0 aliphatic carbocycles. The molecule has 1 saturated heterocycles. The molecule has 0 spiro atoms. The standard InChI is InChI=1S/C6H12O4S2/c7-3-2(1-11)10-6(12)5(9)4(3)8/h2-9,11-12H,1H2/t2?,3-,4+,5?,6+/m1/s1. The molecular weight excluding hydrogens is 200 g/mol. The van der Waals surface area contributed by atoms with E-state index in [9.17, 15) is 15.3 Å². The number of hydrogen-bond donors (Lipinski definition) is 5. The Balaban J connectivity index is 2.63. The molecule has 5 atom stereocenters. The van der Waals surface area contributed by atoms with Gasteiger partial charge in [0.2, 0.25) is 0 Å². The van der Waals surface area contributed by atoms with Gasteiger partial charge in [0, 0.05) is 5.75 Å². The second-order valence-electron chi connectivity index (χ2n) is 2.72. The molecule has 4 nitrogen and oxygen atoms in total. The predicted molar refractivity (Wildman–Crippen MR) is 49.5 cm³/mol. The van der Waals surface area contributed by atoms with Crippen molar-refractivity contribution in [2.45, 2.75) is 29.9 Å². The summed E-state index contributed by atoms with van der Waals surface area (Å²) in [6, 6.07) is 0. The van der Waals surface area contributed by atoms with Crippen LogP contribution < -0.4 is 0 Å². The molecule has 0 bridgehead atoms. The van der Waals surface area contributed by atoms with Crippen molar-refractivity contribution in [1.82, 2.24) is 0 Å². The van der Waals surface area contributed by atoms with Gasteiger partial charge in [-0.15, -0.1) is 12.6 Å². The van der Waals surface area contributed by atoms with Gasteiger partial charge in [-0.05, 0) is 0 Å². The van der Waals surface area contributed by atoms with Crippen LogP contribution in [-0.4, -0.2) is 50.9 Å². The highest BCUT2D eigenvalue weighted by Crippen LogP contribution is 2.23. The normalized spacial score (nSPS) is 49.2. The van der Waals surface area contributed by atoms with Crippen molar-refractivity contribution in [3.63, 3.8) is 0 Å². The van der Waals surface area contributed by atoms with Crippen LogP contribution in [0.4, 0.5) is 0 Å². The second-order valence-corrected chi connectivity index (χ2v) is 3.59. The van der Waals surface area contributed by atoms with Crippen LogP contribution >= 0.6 is 25.3 Å². The van der Waals surface area contributed by atoms with Gasteiger partial charge >= 0.3 is 0 Å². The van der Waals surface area contributed by atoms with Gasteiger partial charge < -0.3 is 20.1 Å². The summed E-state index contributed by atoms with van der Waals surface area (Å²) in [5.74, 6) is 0.280. The van der Waals surface area contributed by atoms with Crippen LogP contribution in [0.15, 0.2) is 0 Å². The van der Waals surface area contributed by atoms with E-state index in [1.54, 1.807) is 0 Å². The lowest BCUT2D eigenvalue weighted by Gasteiger charge is -2.38. The zero-order chi connectivity index (χ0) is 9.30. The third kappa shape index (κ3) is 1.89. The minimum Gasteiger partial charge on any atom is -0.388 e. The summed E-state index contributed by atoms with van der Waals surface area (Å²) in [7, 11) is 0. The molecule has 0 aromatic carbocycles. The Morgan fingerprint density at radius 3 is 2.17 bits per heavy atom. The number of ether oxygens (including phenoxy) is 1. The fraction of sp³-hybridized carbons (Fsp3) is 1.00. The molecule has 1 aliphatic heterocycles. The maximum absolute atomic E-state index is 9.31. The fourth-order valence-electron chi connectivity index (χ4n) is 1.08. The number of thiol groups is 2. The third-order valence-corrected chi connectivity index (χ3v) is 2.65. The van der Waals surface area contributed by atoms with E-state index >= 15 is 0 Å². The summed E-state index contributed by atoms with van der Waals surface area (Å²) in [5.41, 5.74) is -0.763. The minimum atomic E-state index is -1.21. The quantitative estimate of drug-likeness (QED) is 0.349. The van der Waals surface area contributed by atoms with Gasteiger partial charge in [-0.1, -0.05) is 0 Å². The van der Waals surface area contributed by atoms with Crippen molar-refractivity contribution >= 4 is 25.3 Å². The van der Waals surface area contributed by atoms with Crippen molar-refractivity contribution in [1.29, 1.82) is 0 Å². The molecule has 6 heteroatoms. The molecule has 0 aromatic heterocycles. The molecule has 1 rings (SSSR count). The summed E-state index contributed by atoms with van der Waals surface area (Å²) >= 11 is 7.81. The Hall–Kier alpha value is 0.540. The first-order valence-electron chi connectivity index (χ1n) is 3.56. The zero-order valence-electron chi connectivity index (χ0n) is 6.24. The van der Waals surface area contributed by atoms with Gasteiger partial charge in [0.1, 0.15) is 23.7 Å². The van der Waals surface area contributed by atoms with E-state index in [1.807, 2.05) is 0 Å². The topological polar surface area (TPSA) is 69.9 Å². The van der Waals surface area contributed by atoms with Crippen LogP contribution in [0, 0.1) is 0 Å². The van der Waals surface area contributed by atoms with Crippen molar-refractivity contribution in [3.05, 3.63) is 0 Å². The van der Waals surface area contributed by atoms with Gasteiger partial charge in [-0.3, -0.25) is 0 Å². The van der Waals surface area contributed by atoms with Crippen LogP contribution in [0.2, 0.25) is 0 Å². The first-order valence-corrected chi connectivity index (χ1v) is 4.71. The third-order valence-electron chi connectivity index (χ3n) is 1.87. The van der Waals surface area contributed by atoms with Gasteiger partial charge in [-0.25, -0.2) is 0 Å². The fourth-order valence-corrected chi connectivity index (χ4v) is 1.72. The van der Waals surface area contributed by atoms with E-state index < -0.39 is 29.9 Å². The number of aliphatic hydroxyl groups is 3. The SMILES string of the molecule is OC1[C@H](S)OC(CS)[C@@H](O)[C@@H]1O. The average Bonchev–Trinajstić information content (AvgIpc) is 2.08. The number of hydrogen-bond acceptors (Lipinski definition) is 6. The molecule has 72 valence electrons.